The van der Waals surface area contributed by atoms with Crippen LogP contribution in [0.15, 0.2) is 48.7 Å². The van der Waals surface area contributed by atoms with Crippen molar-refractivity contribution < 1.29 is 13.9 Å². The highest BCUT2D eigenvalue weighted by molar-refractivity contribution is 6.34. The highest BCUT2D eigenvalue weighted by atomic mass is 35.5. The average molecular weight is 424 g/mol. The normalized spacial score (nSPS) is 15.5. The summed E-state index contributed by atoms with van der Waals surface area (Å²) in [5, 5.41) is 7.05. The van der Waals surface area contributed by atoms with Crippen molar-refractivity contribution in [1.29, 1.82) is 0 Å². The number of aryl methyl sites for hydroxylation is 1. The molecule has 0 spiro atoms. The fraction of sp³-hybridized carbons (Fsp3) is 0.217. The Bertz CT molecular complexity index is 1120. The van der Waals surface area contributed by atoms with Crippen LogP contribution in [0.4, 0.5) is 10.1 Å². The van der Waals surface area contributed by atoms with Crippen LogP contribution < -0.4 is 5.32 Å². The summed E-state index contributed by atoms with van der Waals surface area (Å²) < 4.78 is 21.7. The van der Waals surface area contributed by atoms with Gasteiger partial charge in [-0.3, -0.25) is 9.48 Å². The molecular formula is C23H19ClFN3O2. The predicted octanol–water partition coefficient (Wildman–Crippen LogP) is 4.60. The van der Waals surface area contributed by atoms with Gasteiger partial charge in [-0.25, -0.2) is 4.39 Å². The van der Waals surface area contributed by atoms with Gasteiger partial charge < -0.3 is 10.1 Å². The van der Waals surface area contributed by atoms with E-state index in [-0.39, 0.29) is 22.4 Å². The molecule has 1 aliphatic heterocycles. The molecule has 2 aromatic carbocycles. The number of hydrogen-bond donors (Lipinski definition) is 1. The SMILES string of the molecule is Cc1cc(C#Cc2ccccc2)cc(F)c1NC(=O)c1c(Cl)cnn1C1CCOC1. The van der Waals surface area contributed by atoms with Gasteiger partial charge in [0.15, 0.2) is 0 Å². The van der Waals surface area contributed by atoms with Gasteiger partial charge in [-0.1, -0.05) is 41.6 Å². The predicted molar refractivity (Wildman–Crippen MR) is 113 cm³/mol. The molecule has 5 nitrogen and oxygen atoms in total. The number of amides is 1. The Morgan fingerprint density at radius 1 is 1.27 bits per heavy atom. The molecule has 0 radical (unpaired) electrons. The third-order valence-electron chi connectivity index (χ3n) is 4.87. The molecule has 0 bridgehead atoms. The maximum Gasteiger partial charge on any atom is 0.275 e. The van der Waals surface area contributed by atoms with Gasteiger partial charge in [-0.15, -0.1) is 0 Å². The first-order chi connectivity index (χ1) is 14.5. The molecule has 1 aromatic heterocycles. The number of nitrogens with zero attached hydrogens (tertiary/aromatic N) is 2. The molecule has 0 saturated carbocycles. The lowest BCUT2D eigenvalue weighted by atomic mass is 10.1. The Morgan fingerprint density at radius 3 is 2.73 bits per heavy atom. The lowest BCUT2D eigenvalue weighted by Gasteiger charge is -2.15. The van der Waals surface area contributed by atoms with Crippen molar-refractivity contribution in [2.75, 3.05) is 18.5 Å². The Kier molecular flexibility index (Phi) is 5.84. The van der Waals surface area contributed by atoms with Gasteiger partial charge in [0.25, 0.3) is 5.91 Å². The number of carbonyl (C=O) groups excluding carboxylic acids is 1. The summed E-state index contributed by atoms with van der Waals surface area (Å²) >= 11 is 6.19. The van der Waals surface area contributed by atoms with Gasteiger partial charge >= 0.3 is 0 Å². The first-order valence-corrected chi connectivity index (χ1v) is 9.90. The molecule has 152 valence electrons. The number of aromatic nitrogens is 2. The summed E-state index contributed by atoms with van der Waals surface area (Å²) in [4.78, 5) is 12.9. The Balaban J connectivity index is 1.58. The summed E-state index contributed by atoms with van der Waals surface area (Å²) in [6, 6.07) is 12.4. The minimum absolute atomic E-state index is 0.0696. The van der Waals surface area contributed by atoms with Crippen molar-refractivity contribution >= 4 is 23.2 Å². The van der Waals surface area contributed by atoms with Crippen LogP contribution in [0.3, 0.4) is 0 Å². The van der Waals surface area contributed by atoms with Gasteiger partial charge in [0.1, 0.15) is 11.5 Å². The monoisotopic (exact) mass is 423 g/mol. The first kappa shape index (κ1) is 20.1. The van der Waals surface area contributed by atoms with E-state index in [4.69, 9.17) is 16.3 Å². The molecular weight excluding hydrogens is 405 g/mol. The smallest absolute Gasteiger partial charge is 0.275 e. The Hall–Kier alpha value is -3.14. The van der Waals surface area contributed by atoms with E-state index in [2.05, 4.69) is 22.3 Å². The number of anilines is 1. The van der Waals surface area contributed by atoms with Crippen LogP contribution in [-0.2, 0) is 4.74 Å². The van der Waals surface area contributed by atoms with Crippen LogP contribution in [0.1, 0.15) is 39.6 Å². The number of rotatable bonds is 3. The quantitative estimate of drug-likeness (QED) is 0.626. The van der Waals surface area contributed by atoms with E-state index in [1.165, 1.54) is 12.3 Å². The van der Waals surface area contributed by atoms with Gasteiger partial charge in [-0.05, 0) is 43.2 Å². The molecule has 1 amide bonds. The molecule has 2 heterocycles. The van der Waals surface area contributed by atoms with E-state index >= 15 is 0 Å². The molecule has 4 rings (SSSR count). The summed E-state index contributed by atoms with van der Waals surface area (Å²) in [7, 11) is 0. The van der Waals surface area contributed by atoms with Gasteiger partial charge in [0, 0.05) is 17.7 Å². The van der Waals surface area contributed by atoms with E-state index < -0.39 is 11.7 Å². The number of halogens is 2. The molecule has 1 aliphatic rings. The largest absolute Gasteiger partial charge is 0.379 e. The number of ether oxygens (including phenoxy) is 1. The first-order valence-electron chi connectivity index (χ1n) is 9.52. The lowest BCUT2D eigenvalue weighted by molar-refractivity contribution is 0.101. The van der Waals surface area contributed by atoms with Crippen LogP contribution in [0.2, 0.25) is 5.02 Å². The van der Waals surface area contributed by atoms with E-state index in [9.17, 15) is 9.18 Å². The standard InChI is InChI=1S/C23H19ClFN3O2/c1-15-11-17(8-7-16-5-3-2-4-6-16)12-20(25)21(15)27-23(29)22-19(24)13-26-28(22)18-9-10-30-14-18/h2-6,11-13,18H,9-10,14H2,1H3,(H,27,29). The number of hydrogen-bond acceptors (Lipinski definition) is 3. The minimum atomic E-state index is -0.563. The second-order valence-corrected chi connectivity index (χ2v) is 7.43. The van der Waals surface area contributed by atoms with Gasteiger partial charge in [0.05, 0.1) is 29.6 Å². The van der Waals surface area contributed by atoms with Crippen LogP contribution in [-0.4, -0.2) is 28.9 Å². The Morgan fingerprint density at radius 2 is 2.03 bits per heavy atom. The van der Waals surface area contributed by atoms with Crippen LogP contribution in [0.5, 0.6) is 0 Å². The van der Waals surface area contributed by atoms with Crippen LogP contribution >= 0.6 is 11.6 Å². The minimum Gasteiger partial charge on any atom is -0.379 e. The molecule has 1 N–H and O–H groups in total. The zero-order chi connectivity index (χ0) is 21.1. The van der Waals surface area contributed by atoms with Crippen molar-refractivity contribution in [3.8, 4) is 11.8 Å². The van der Waals surface area contributed by atoms with Gasteiger partial charge in [-0.2, -0.15) is 5.10 Å². The van der Waals surface area contributed by atoms with Crippen molar-refractivity contribution in [2.24, 2.45) is 0 Å². The van der Waals surface area contributed by atoms with E-state index in [0.717, 1.165) is 12.0 Å². The summed E-state index contributed by atoms with van der Waals surface area (Å²) in [5.41, 5.74) is 2.22. The lowest BCUT2D eigenvalue weighted by Crippen LogP contribution is -2.22. The zero-order valence-corrected chi connectivity index (χ0v) is 17.0. The zero-order valence-electron chi connectivity index (χ0n) is 16.3. The third-order valence-corrected chi connectivity index (χ3v) is 5.14. The average Bonchev–Trinajstić information content (AvgIpc) is 3.39. The molecule has 1 atom stereocenters. The van der Waals surface area contributed by atoms with E-state index in [1.807, 2.05) is 30.3 Å². The fourth-order valence-corrected chi connectivity index (χ4v) is 3.57. The third kappa shape index (κ3) is 4.23. The maximum atomic E-state index is 14.8. The van der Waals surface area contributed by atoms with Crippen molar-refractivity contribution in [2.45, 2.75) is 19.4 Å². The van der Waals surface area contributed by atoms with Crippen molar-refractivity contribution in [1.82, 2.24) is 9.78 Å². The summed E-state index contributed by atoms with van der Waals surface area (Å²) in [5.74, 6) is 4.87. The number of carbonyl (C=O) groups is 1. The van der Waals surface area contributed by atoms with Crippen LogP contribution in [0.25, 0.3) is 0 Å². The molecule has 0 aliphatic carbocycles. The number of benzene rings is 2. The molecule has 1 fully saturated rings. The highest BCUT2D eigenvalue weighted by Crippen LogP contribution is 2.27. The molecule has 7 heteroatoms. The highest BCUT2D eigenvalue weighted by Gasteiger charge is 2.26. The molecule has 1 unspecified atom stereocenters. The second-order valence-electron chi connectivity index (χ2n) is 7.02. The van der Waals surface area contributed by atoms with Gasteiger partial charge in [0.2, 0.25) is 0 Å². The second kappa shape index (κ2) is 8.70. The molecule has 30 heavy (non-hydrogen) atoms. The van der Waals surface area contributed by atoms with Crippen molar-refractivity contribution in [3.63, 3.8) is 0 Å². The summed E-state index contributed by atoms with van der Waals surface area (Å²) in [6.07, 6.45) is 2.15. The van der Waals surface area contributed by atoms with Crippen molar-refractivity contribution in [3.05, 3.63) is 81.9 Å². The Labute approximate surface area is 178 Å². The van der Waals surface area contributed by atoms with E-state index in [0.29, 0.717) is 24.3 Å². The topological polar surface area (TPSA) is 56.2 Å². The van der Waals surface area contributed by atoms with Crippen LogP contribution in [0, 0.1) is 24.6 Å². The molecule has 3 aromatic rings. The maximum absolute atomic E-state index is 14.8. The number of nitrogens with one attached hydrogen (secondary N) is 1. The molecule has 1 saturated heterocycles. The summed E-state index contributed by atoms with van der Waals surface area (Å²) in [6.45, 7) is 2.78. The fourth-order valence-electron chi connectivity index (χ4n) is 3.36. The van der Waals surface area contributed by atoms with E-state index in [1.54, 1.807) is 17.7 Å².